The maximum atomic E-state index is 12.5. The molecule has 1 saturated heterocycles. The largest absolute Gasteiger partial charge is 0.497 e. The van der Waals surface area contributed by atoms with Crippen LogP contribution >= 0.6 is 0 Å². The number of anilines is 1. The van der Waals surface area contributed by atoms with Crippen LogP contribution in [0.15, 0.2) is 46.9 Å². The standard InChI is InChI=1S/C23H21NO6/c1-14-18-12-17(28-2)8-9-20(18)30-22(14)23(27)29-13-19(25)15-5-3-6-16(11-15)24-10-4-7-21(24)26/h3,5-6,8-9,11-12H,4,7,10,13H2,1-2H3. The SMILES string of the molecule is COc1ccc2oc(C(=O)OCC(=O)c3cccc(N4CCCC4=O)c3)c(C)c2c1. The van der Waals surface area contributed by atoms with Crippen LogP contribution in [-0.4, -0.2) is 37.9 Å². The van der Waals surface area contributed by atoms with Crippen molar-refractivity contribution in [1.82, 2.24) is 0 Å². The monoisotopic (exact) mass is 407 g/mol. The number of aryl methyl sites for hydroxylation is 1. The van der Waals surface area contributed by atoms with E-state index >= 15 is 0 Å². The number of fused-ring (bicyclic) bond motifs is 1. The third kappa shape index (κ3) is 3.66. The van der Waals surface area contributed by atoms with Gasteiger partial charge in [0.1, 0.15) is 11.3 Å². The van der Waals surface area contributed by atoms with E-state index in [1.807, 2.05) is 0 Å². The van der Waals surface area contributed by atoms with Crippen LogP contribution in [0.4, 0.5) is 5.69 Å². The van der Waals surface area contributed by atoms with Crippen molar-refractivity contribution < 1.29 is 28.3 Å². The van der Waals surface area contributed by atoms with Crippen LogP contribution in [0.3, 0.4) is 0 Å². The summed E-state index contributed by atoms with van der Waals surface area (Å²) in [5, 5.41) is 0.746. The average molecular weight is 407 g/mol. The van der Waals surface area contributed by atoms with Crippen molar-refractivity contribution in [2.75, 3.05) is 25.2 Å². The Morgan fingerprint density at radius 3 is 2.73 bits per heavy atom. The molecule has 0 spiro atoms. The fourth-order valence-electron chi connectivity index (χ4n) is 3.57. The van der Waals surface area contributed by atoms with Gasteiger partial charge in [0.05, 0.1) is 7.11 Å². The van der Waals surface area contributed by atoms with Gasteiger partial charge in [0.15, 0.2) is 12.4 Å². The van der Waals surface area contributed by atoms with Gasteiger partial charge in [0.25, 0.3) is 0 Å². The first-order valence-corrected chi connectivity index (χ1v) is 9.66. The lowest BCUT2D eigenvalue weighted by Crippen LogP contribution is -2.24. The highest BCUT2D eigenvalue weighted by molar-refractivity contribution is 6.02. The molecule has 2 aromatic carbocycles. The second-order valence-corrected chi connectivity index (χ2v) is 7.12. The van der Waals surface area contributed by atoms with E-state index in [4.69, 9.17) is 13.9 Å². The molecule has 30 heavy (non-hydrogen) atoms. The minimum atomic E-state index is -0.707. The van der Waals surface area contributed by atoms with Crippen LogP contribution in [0, 0.1) is 6.92 Å². The van der Waals surface area contributed by atoms with Crippen molar-refractivity contribution in [1.29, 1.82) is 0 Å². The molecule has 154 valence electrons. The van der Waals surface area contributed by atoms with Crippen LogP contribution in [0.1, 0.15) is 39.3 Å². The summed E-state index contributed by atoms with van der Waals surface area (Å²) in [4.78, 5) is 38.6. The Kier molecular flexibility index (Phi) is 5.27. The Balaban J connectivity index is 1.46. The predicted molar refractivity (Wildman–Crippen MR) is 110 cm³/mol. The van der Waals surface area contributed by atoms with Crippen molar-refractivity contribution in [3.63, 3.8) is 0 Å². The lowest BCUT2D eigenvalue weighted by molar-refractivity contribution is -0.117. The number of rotatable bonds is 6. The minimum Gasteiger partial charge on any atom is -0.497 e. The molecule has 7 heteroatoms. The van der Waals surface area contributed by atoms with E-state index in [0.29, 0.717) is 41.1 Å². The van der Waals surface area contributed by atoms with Crippen molar-refractivity contribution in [3.05, 3.63) is 59.4 Å². The number of Topliss-reactive ketones (excluding diaryl/α,β-unsaturated/α-hetero) is 1. The third-order valence-corrected chi connectivity index (χ3v) is 5.22. The number of amides is 1. The van der Waals surface area contributed by atoms with E-state index in [1.165, 1.54) is 0 Å². The summed E-state index contributed by atoms with van der Waals surface area (Å²) in [5.74, 6) is -0.308. The number of ether oxygens (including phenoxy) is 2. The predicted octanol–water partition coefficient (Wildman–Crippen LogP) is 3.92. The van der Waals surface area contributed by atoms with Gasteiger partial charge in [-0.05, 0) is 43.7 Å². The van der Waals surface area contributed by atoms with Gasteiger partial charge < -0.3 is 18.8 Å². The summed E-state index contributed by atoms with van der Waals surface area (Å²) in [7, 11) is 1.56. The molecule has 2 heterocycles. The minimum absolute atomic E-state index is 0.0445. The smallest absolute Gasteiger partial charge is 0.375 e. The van der Waals surface area contributed by atoms with Crippen molar-refractivity contribution in [2.24, 2.45) is 0 Å². The highest BCUT2D eigenvalue weighted by Gasteiger charge is 2.23. The quantitative estimate of drug-likeness (QED) is 0.455. The summed E-state index contributed by atoms with van der Waals surface area (Å²) < 4.78 is 16.0. The molecule has 1 aliphatic heterocycles. The molecule has 0 atom stereocenters. The summed E-state index contributed by atoms with van der Waals surface area (Å²) in [6, 6.07) is 12.0. The van der Waals surface area contributed by atoms with Gasteiger partial charge in [0, 0.05) is 35.2 Å². The summed E-state index contributed by atoms with van der Waals surface area (Å²) in [5.41, 5.74) is 2.22. The van der Waals surface area contributed by atoms with Crippen molar-refractivity contribution in [3.8, 4) is 5.75 Å². The van der Waals surface area contributed by atoms with Crippen LogP contribution in [0.25, 0.3) is 11.0 Å². The zero-order chi connectivity index (χ0) is 21.3. The van der Waals surface area contributed by atoms with E-state index in [9.17, 15) is 14.4 Å². The number of nitrogens with zero attached hydrogens (tertiary/aromatic N) is 1. The first-order valence-electron chi connectivity index (χ1n) is 9.66. The summed E-state index contributed by atoms with van der Waals surface area (Å²) in [6.07, 6.45) is 1.32. The number of carbonyl (C=O) groups excluding carboxylic acids is 3. The molecule has 0 N–H and O–H groups in total. The Hall–Kier alpha value is -3.61. The molecule has 1 aliphatic rings. The number of benzene rings is 2. The zero-order valence-electron chi connectivity index (χ0n) is 16.8. The first-order chi connectivity index (χ1) is 14.5. The Labute approximate surface area is 173 Å². The van der Waals surface area contributed by atoms with E-state index in [-0.39, 0.29) is 17.5 Å². The summed E-state index contributed by atoms with van der Waals surface area (Å²) >= 11 is 0. The molecule has 0 unspecified atom stereocenters. The second-order valence-electron chi connectivity index (χ2n) is 7.12. The topological polar surface area (TPSA) is 86.1 Å². The van der Waals surface area contributed by atoms with Crippen LogP contribution < -0.4 is 9.64 Å². The number of hydrogen-bond donors (Lipinski definition) is 0. The molecule has 4 rings (SSSR count). The van der Waals surface area contributed by atoms with E-state index in [0.717, 1.165) is 11.8 Å². The second kappa shape index (κ2) is 8.02. The maximum Gasteiger partial charge on any atom is 0.375 e. The number of methoxy groups -OCH3 is 1. The Bertz CT molecular complexity index is 1150. The molecule has 0 bridgehead atoms. The van der Waals surface area contributed by atoms with Crippen molar-refractivity contribution in [2.45, 2.75) is 19.8 Å². The first kappa shape index (κ1) is 19.7. The Morgan fingerprint density at radius 1 is 1.17 bits per heavy atom. The van der Waals surface area contributed by atoms with E-state index in [2.05, 4.69) is 0 Å². The van der Waals surface area contributed by atoms with Crippen LogP contribution in [0.5, 0.6) is 5.75 Å². The van der Waals surface area contributed by atoms with Crippen LogP contribution in [0.2, 0.25) is 0 Å². The average Bonchev–Trinajstić information content (AvgIpc) is 3.34. The molecule has 1 aromatic heterocycles. The van der Waals surface area contributed by atoms with Crippen molar-refractivity contribution >= 4 is 34.3 Å². The lowest BCUT2D eigenvalue weighted by atomic mass is 10.1. The van der Waals surface area contributed by atoms with Gasteiger partial charge in [-0.25, -0.2) is 4.79 Å². The lowest BCUT2D eigenvalue weighted by Gasteiger charge is -2.16. The van der Waals surface area contributed by atoms with Crippen LogP contribution in [-0.2, 0) is 9.53 Å². The fourth-order valence-corrected chi connectivity index (χ4v) is 3.57. The fraction of sp³-hybridized carbons (Fsp3) is 0.261. The van der Waals surface area contributed by atoms with Gasteiger partial charge in [0.2, 0.25) is 11.7 Å². The number of furan rings is 1. The van der Waals surface area contributed by atoms with Gasteiger partial charge >= 0.3 is 5.97 Å². The van der Waals surface area contributed by atoms with E-state index < -0.39 is 12.6 Å². The summed E-state index contributed by atoms with van der Waals surface area (Å²) in [6.45, 7) is 1.97. The van der Waals surface area contributed by atoms with Gasteiger partial charge in [-0.15, -0.1) is 0 Å². The molecular formula is C23H21NO6. The number of hydrogen-bond acceptors (Lipinski definition) is 6. The third-order valence-electron chi connectivity index (χ3n) is 5.22. The van der Waals surface area contributed by atoms with E-state index in [1.54, 1.807) is 61.4 Å². The number of carbonyl (C=O) groups is 3. The molecular weight excluding hydrogens is 386 g/mol. The zero-order valence-corrected chi connectivity index (χ0v) is 16.8. The molecule has 3 aromatic rings. The normalized spacial score (nSPS) is 13.7. The number of esters is 1. The highest BCUT2D eigenvalue weighted by Crippen LogP contribution is 2.29. The maximum absolute atomic E-state index is 12.5. The number of ketones is 1. The highest BCUT2D eigenvalue weighted by atomic mass is 16.5. The molecule has 0 radical (unpaired) electrons. The molecule has 1 fully saturated rings. The van der Waals surface area contributed by atoms with Gasteiger partial charge in [-0.2, -0.15) is 0 Å². The Morgan fingerprint density at radius 2 is 2.00 bits per heavy atom. The molecule has 0 aliphatic carbocycles. The molecule has 0 saturated carbocycles. The molecule has 7 nitrogen and oxygen atoms in total. The molecule has 1 amide bonds. The van der Waals surface area contributed by atoms with Gasteiger partial charge in [-0.3, -0.25) is 9.59 Å². The van der Waals surface area contributed by atoms with Gasteiger partial charge in [-0.1, -0.05) is 12.1 Å².